The summed E-state index contributed by atoms with van der Waals surface area (Å²) in [6, 6.07) is 5.86. The van der Waals surface area contributed by atoms with Gasteiger partial charge in [0.1, 0.15) is 0 Å². The van der Waals surface area contributed by atoms with Crippen LogP contribution in [0.25, 0.3) is 0 Å². The van der Waals surface area contributed by atoms with E-state index in [4.69, 9.17) is 5.73 Å². The Balaban J connectivity index is 1.93. The summed E-state index contributed by atoms with van der Waals surface area (Å²) in [5.41, 5.74) is 8.95. The molecule has 96 valence electrons. The van der Waals surface area contributed by atoms with Gasteiger partial charge in [-0.05, 0) is 44.1 Å². The minimum atomic E-state index is -0.230. The lowest BCUT2D eigenvalue weighted by molar-refractivity contribution is -0.120. The minimum Gasteiger partial charge on any atom is -0.398 e. The lowest BCUT2D eigenvalue weighted by Gasteiger charge is -2.28. The Morgan fingerprint density at radius 2 is 2.33 bits per heavy atom. The molecule has 18 heavy (non-hydrogen) atoms. The van der Waals surface area contributed by atoms with E-state index in [9.17, 15) is 4.79 Å². The summed E-state index contributed by atoms with van der Waals surface area (Å²) in [6.45, 7) is 2.86. The Morgan fingerprint density at radius 3 is 3.06 bits per heavy atom. The second kappa shape index (κ2) is 4.19. The van der Waals surface area contributed by atoms with E-state index >= 15 is 0 Å². The third-order valence-electron chi connectivity index (χ3n) is 3.98. The Labute approximate surface area is 112 Å². The summed E-state index contributed by atoms with van der Waals surface area (Å²) >= 11 is 1.80. The van der Waals surface area contributed by atoms with Gasteiger partial charge in [0, 0.05) is 23.5 Å². The molecule has 1 fully saturated rings. The smallest absolute Gasteiger partial charge is 0.242 e. The number of carbonyl (C=O) groups excluding carboxylic acids is 1. The number of hydrogen-bond donors (Lipinski definition) is 1. The van der Waals surface area contributed by atoms with Crippen molar-refractivity contribution in [3.63, 3.8) is 0 Å². The molecule has 3 nitrogen and oxygen atoms in total. The van der Waals surface area contributed by atoms with Crippen molar-refractivity contribution in [2.45, 2.75) is 30.9 Å². The normalized spacial score (nSPS) is 26.4. The highest BCUT2D eigenvalue weighted by Crippen LogP contribution is 2.42. The van der Waals surface area contributed by atoms with Gasteiger partial charge in [-0.3, -0.25) is 4.79 Å². The molecule has 1 aromatic rings. The Bertz CT molecular complexity index is 495. The summed E-state index contributed by atoms with van der Waals surface area (Å²) in [6.07, 6.45) is 3.02. The maximum Gasteiger partial charge on any atom is 0.242 e. The molecule has 2 heterocycles. The number of amides is 1. The monoisotopic (exact) mass is 262 g/mol. The first kappa shape index (κ1) is 11.9. The van der Waals surface area contributed by atoms with E-state index in [0.717, 1.165) is 48.5 Å². The molecule has 1 amide bonds. The fraction of sp³-hybridized carbons (Fsp3) is 0.500. The number of nitrogen functional groups attached to an aromatic ring is 1. The Morgan fingerprint density at radius 1 is 1.50 bits per heavy atom. The molecule has 0 aromatic heterocycles. The first-order chi connectivity index (χ1) is 8.62. The molecule has 1 atom stereocenters. The quantitative estimate of drug-likeness (QED) is 0.791. The van der Waals surface area contributed by atoms with E-state index in [1.807, 2.05) is 23.1 Å². The van der Waals surface area contributed by atoms with E-state index in [1.54, 1.807) is 11.8 Å². The van der Waals surface area contributed by atoms with Gasteiger partial charge in [0.05, 0.1) is 4.75 Å². The highest BCUT2D eigenvalue weighted by Gasteiger charge is 2.42. The average molecular weight is 262 g/mol. The summed E-state index contributed by atoms with van der Waals surface area (Å²) < 4.78 is -0.230. The zero-order valence-corrected chi connectivity index (χ0v) is 11.4. The van der Waals surface area contributed by atoms with Gasteiger partial charge < -0.3 is 10.6 Å². The Kier molecular flexibility index (Phi) is 2.77. The lowest BCUT2D eigenvalue weighted by atomic mass is 10.0. The standard InChI is InChI=1S/C14H18N2OS/c1-14(7-3-9-18-14)13(17)16-8-6-10-11(15)4-2-5-12(10)16/h2,4-5H,3,6-9,15H2,1H3. The summed E-state index contributed by atoms with van der Waals surface area (Å²) in [4.78, 5) is 14.6. The summed E-state index contributed by atoms with van der Waals surface area (Å²) in [7, 11) is 0. The molecule has 3 rings (SSSR count). The van der Waals surface area contributed by atoms with Gasteiger partial charge in [-0.1, -0.05) is 6.07 Å². The van der Waals surface area contributed by atoms with Crippen LogP contribution in [0, 0.1) is 0 Å². The number of hydrogen-bond acceptors (Lipinski definition) is 3. The number of rotatable bonds is 1. The predicted octanol–water partition coefficient (Wildman–Crippen LogP) is 2.44. The average Bonchev–Trinajstić information content (AvgIpc) is 2.96. The summed E-state index contributed by atoms with van der Waals surface area (Å²) in [5.74, 6) is 1.36. The molecule has 2 aliphatic rings. The minimum absolute atomic E-state index is 0.230. The number of anilines is 2. The van der Waals surface area contributed by atoms with Crippen molar-refractivity contribution in [1.82, 2.24) is 0 Å². The topological polar surface area (TPSA) is 46.3 Å². The van der Waals surface area contributed by atoms with E-state index in [-0.39, 0.29) is 10.7 Å². The maximum atomic E-state index is 12.7. The second-order valence-corrected chi connectivity index (χ2v) is 6.83. The number of nitrogens with zero attached hydrogens (tertiary/aromatic N) is 1. The third-order valence-corrected chi connectivity index (χ3v) is 5.49. The molecule has 1 unspecified atom stereocenters. The van der Waals surface area contributed by atoms with Gasteiger partial charge in [-0.15, -0.1) is 11.8 Å². The fourth-order valence-electron chi connectivity index (χ4n) is 2.91. The number of thioether (sulfide) groups is 1. The fourth-order valence-corrected chi connectivity index (χ4v) is 4.17. The van der Waals surface area contributed by atoms with Gasteiger partial charge >= 0.3 is 0 Å². The molecule has 2 N–H and O–H groups in total. The van der Waals surface area contributed by atoms with E-state index in [1.165, 1.54) is 0 Å². The van der Waals surface area contributed by atoms with Crippen LogP contribution in [-0.4, -0.2) is 23.0 Å². The summed E-state index contributed by atoms with van der Waals surface area (Å²) in [5, 5.41) is 0. The van der Waals surface area contributed by atoms with E-state index in [0.29, 0.717) is 0 Å². The highest BCUT2D eigenvalue weighted by atomic mass is 32.2. The van der Waals surface area contributed by atoms with Crippen LogP contribution in [0.4, 0.5) is 11.4 Å². The number of fused-ring (bicyclic) bond motifs is 1. The SMILES string of the molecule is CC1(C(=O)N2CCc3c(N)cccc32)CCCS1. The molecule has 2 aliphatic heterocycles. The molecule has 4 heteroatoms. The highest BCUT2D eigenvalue weighted by molar-refractivity contribution is 8.01. The van der Waals surface area contributed by atoms with Crippen LogP contribution in [0.2, 0.25) is 0 Å². The van der Waals surface area contributed by atoms with Crippen molar-refractivity contribution in [1.29, 1.82) is 0 Å². The van der Waals surface area contributed by atoms with Gasteiger partial charge in [0.25, 0.3) is 0 Å². The molecule has 0 spiro atoms. The molecule has 0 bridgehead atoms. The van der Waals surface area contributed by atoms with Crippen LogP contribution in [0.3, 0.4) is 0 Å². The van der Waals surface area contributed by atoms with Crippen molar-refractivity contribution < 1.29 is 4.79 Å². The zero-order chi connectivity index (χ0) is 12.8. The van der Waals surface area contributed by atoms with Crippen molar-refractivity contribution in [3.05, 3.63) is 23.8 Å². The van der Waals surface area contributed by atoms with Crippen LogP contribution in [0.15, 0.2) is 18.2 Å². The van der Waals surface area contributed by atoms with Crippen LogP contribution in [0.5, 0.6) is 0 Å². The van der Waals surface area contributed by atoms with Gasteiger partial charge in [-0.2, -0.15) is 0 Å². The first-order valence-electron chi connectivity index (χ1n) is 6.45. The van der Waals surface area contributed by atoms with Crippen molar-refractivity contribution in [2.75, 3.05) is 22.9 Å². The molecular formula is C14H18N2OS. The van der Waals surface area contributed by atoms with Crippen molar-refractivity contribution >= 4 is 29.0 Å². The Hall–Kier alpha value is -1.16. The van der Waals surface area contributed by atoms with Gasteiger partial charge in [-0.25, -0.2) is 0 Å². The second-order valence-electron chi connectivity index (χ2n) is 5.23. The van der Waals surface area contributed by atoms with E-state index < -0.39 is 0 Å². The number of nitrogens with two attached hydrogens (primary N) is 1. The van der Waals surface area contributed by atoms with Crippen LogP contribution in [0.1, 0.15) is 25.3 Å². The van der Waals surface area contributed by atoms with Gasteiger partial charge in [0.15, 0.2) is 0 Å². The van der Waals surface area contributed by atoms with Crippen molar-refractivity contribution in [2.24, 2.45) is 0 Å². The first-order valence-corrected chi connectivity index (χ1v) is 7.44. The lowest BCUT2D eigenvalue weighted by Crippen LogP contribution is -2.43. The number of benzene rings is 1. The largest absolute Gasteiger partial charge is 0.398 e. The molecule has 0 aliphatic carbocycles. The van der Waals surface area contributed by atoms with Crippen LogP contribution in [-0.2, 0) is 11.2 Å². The molecule has 0 radical (unpaired) electrons. The maximum absolute atomic E-state index is 12.7. The van der Waals surface area contributed by atoms with Crippen LogP contribution < -0.4 is 10.6 Å². The predicted molar refractivity (Wildman–Crippen MR) is 77.0 cm³/mol. The molecule has 1 aromatic carbocycles. The van der Waals surface area contributed by atoms with Crippen LogP contribution >= 0.6 is 11.8 Å². The van der Waals surface area contributed by atoms with E-state index in [2.05, 4.69) is 6.92 Å². The number of carbonyl (C=O) groups is 1. The third kappa shape index (κ3) is 1.70. The molecule has 0 saturated carbocycles. The van der Waals surface area contributed by atoms with Gasteiger partial charge in [0.2, 0.25) is 5.91 Å². The molecule has 1 saturated heterocycles. The van der Waals surface area contributed by atoms with Crippen molar-refractivity contribution in [3.8, 4) is 0 Å². The molecular weight excluding hydrogens is 244 g/mol. The zero-order valence-electron chi connectivity index (χ0n) is 10.6.